The minimum Gasteiger partial charge on any atom is -0.507 e. The van der Waals surface area contributed by atoms with Gasteiger partial charge in [-0.05, 0) is 55.7 Å². The minimum atomic E-state index is -0.399. The summed E-state index contributed by atoms with van der Waals surface area (Å²) in [4.78, 5) is 11.9. The Balaban J connectivity index is 1.70. The number of aromatic hydroxyl groups is 1. The topological polar surface area (TPSA) is 61.7 Å². The summed E-state index contributed by atoms with van der Waals surface area (Å²) in [6.45, 7) is 0. The number of fused-ring (bicyclic) bond motifs is 2. The van der Waals surface area contributed by atoms with E-state index in [-0.39, 0.29) is 11.3 Å². The molecule has 0 aromatic heterocycles. The maximum Gasteiger partial charge on any atom is 0.275 e. The highest BCUT2D eigenvalue weighted by Gasteiger charge is 2.36. The quantitative estimate of drug-likeness (QED) is 0.817. The van der Waals surface area contributed by atoms with Crippen molar-refractivity contribution in [1.29, 1.82) is 0 Å². The van der Waals surface area contributed by atoms with E-state index in [2.05, 4.69) is 10.5 Å². The Kier molecular flexibility index (Phi) is 3.19. The van der Waals surface area contributed by atoms with Crippen LogP contribution in [0.15, 0.2) is 23.3 Å². The number of nitrogens with one attached hydrogen (secondary N) is 1. The van der Waals surface area contributed by atoms with Crippen molar-refractivity contribution in [2.24, 2.45) is 16.9 Å². The molecule has 100 valence electrons. The lowest BCUT2D eigenvalue weighted by atomic mass is 9.99. The maximum atomic E-state index is 11.9. The molecular formula is C14H15ClN2O2. The van der Waals surface area contributed by atoms with Crippen molar-refractivity contribution in [2.45, 2.75) is 25.7 Å². The number of amides is 1. The van der Waals surface area contributed by atoms with Gasteiger partial charge in [0.05, 0.1) is 5.56 Å². The predicted molar refractivity (Wildman–Crippen MR) is 73.5 cm³/mol. The van der Waals surface area contributed by atoms with E-state index in [9.17, 15) is 9.90 Å². The number of hydrogen-bond acceptors (Lipinski definition) is 3. The number of hydrazone groups is 1. The third kappa shape index (κ3) is 2.45. The van der Waals surface area contributed by atoms with Crippen LogP contribution in [0.3, 0.4) is 0 Å². The average Bonchev–Trinajstić information content (AvgIpc) is 2.98. The predicted octanol–water partition coefficient (Wildman–Crippen LogP) is 2.95. The van der Waals surface area contributed by atoms with Gasteiger partial charge in [-0.25, -0.2) is 5.43 Å². The highest BCUT2D eigenvalue weighted by molar-refractivity contribution is 6.30. The first-order valence-electron chi connectivity index (χ1n) is 6.49. The molecule has 2 fully saturated rings. The molecule has 2 saturated carbocycles. The van der Waals surface area contributed by atoms with Crippen molar-refractivity contribution in [1.82, 2.24) is 5.43 Å². The lowest BCUT2D eigenvalue weighted by Crippen LogP contribution is -2.22. The van der Waals surface area contributed by atoms with Crippen LogP contribution in [0.1, 0.15) is 36.0 Å². The van der Waals surface area contributed by atoms with Gasteiger partial charge in [-0.15, -0.1) is 0 Å². The molecular weight excluding hydrogens is 264 g/mol. The van der Waals surface area contributed by atoms with E-state index in [0.29, 0.717) is 10.9 Å². The highest BCUT2D eigenvalue weighted by Crippen LogP contribution is 2.42. The molecule has 2 aliphatic carbocycles. The summed E-state index contributed by atoms with van der Waals surface area (Å²) in [5.41, 5.74) is 3.82. The first-order valence-corrected chi connectivity index (χ1v) is 6.86. The van der Waals surface area contributed by atoms with Gasteiger partial charge in [0.1, 0.15) is 5.75 Å². The van der Waals surface area contributed by atoms with Gasteiger partial charge in [0.15, 0.2) is 0 Å². The van der Waals surface area contributed by atoms with Crippen LogP contribution < -0.4 is 5.43 Å². The molecule has 5 heteroatoms. The number of halogens is 1. The van der Waals surface area contributed by atoms with E-state index in [1.165, 1.54) is 31.4 Å². The van der Waals surface area contributed by atoms with E-state index in [1.54, 1.807) is 6.07 Å². The summed E-state index contributed by atoms with van der Waals surface area (Å²) in [6, 6.07) is 4.41. The van der Waals surface area contributed by atoms with Crippen LogP contribution in [0.2, 0.25) is 5.02 Å². The van der Waals surface area contributed by atoms with Gasteiger partial charge in [0, 0.05) is 10.7 Å². The second-order valence-electron chi connectivity index (χ2n) is 5.29. The molecule has 2 aliphatic rings. The van der Waals surface area contributed by atoms with E-state index in [0.717, 1.165) is 18.1 Å². The Labute approximate surface area is 116 Å². The first-order chi connectivity index (χ1) is 9.13. The fourth-order valence-electron chi connectivity index (χ4n) is 3.04. The number of phenolic OH excluding ortho intramolecular Hbond substituents is 1. The van der Waals surface area contributed by atoms with E-state index < -0.39 is 5.91 Å². The van der Waals surface area contributed by atoms with Crippen molar-refractivity contribution < 1.29 is 9.90 Å². The monoisotopic (exact) mass is 278 g/mol. The molecule has 1 aromatic carbocycles. The summed E-state index contributed by atoms with van der Waals surface area (Å²) >= 11 is 5.73. The van der Waals surface area contributed by atoms with Crippen LogP contribution in [0.5, 0.6) is 5.75 Å². The van der Waals surface area contributed by atoms with Crippen molar-refractivity contribution in [2.75, 3.05) is 0 Å². The number of benzene rings is 1. The smallest absolute Gasteiger partial charge is 0.275 e. The Morgan fingerprint density at radius 3 is 2.89 bits per heavy atom. The molecule has 19 heavy (non-hydrogen) atoms. The molecule has 2 bridgehead atoms. The largest absolute Gasteiger partial charge is 0.507 e. The van der Waals surface area contributed by atoms with Gasteiger partial charge in [0.25, 0.3) is 5.91 Å². The lowest BCUT2D eigenvalue weighted by Gasteiger charge is -2.11. The van der Waals surface area contributed by atoms with Crippen LogP contribution >= 0.6 is 11.6 Å². The molecule has 0 heterocycles. The zero-order valence-corrected chi connectivity index (χ0v) is 11.2. The van der Waals surface area contributed by atoms with Crippen molar-refractivity contribution in [3.8, 4) is 5.75 Å². The van der Waals surface area contributed by atoms with Gasteiger partial charge in [-0.1, -0.05) is 11.6 Å². The molecule has 0 radical (unpaired) electrons. The molecule has 1 aromatic rings. The van der Waals surface area contributed by atoms with Gasteiger partial charge in [-0.2, -0.15) is 5.10 Å². The Hall–Kier alpha value is -1.55. The highest BCUT2D eigenvalue weighted by atomic mass is 35.5. The van der Waals surface area contributed by atoms with Crippen molar-refractivity contribution in [3.63, 3.8) is 0 Å². The SMILES string of the molecule is O=C(N/N=C1\C[C@H]2CC[C@H]1C2)c1ccc(Cl)cc1O. The van der Waals surface area contributed by atoms with Gasteiger partial charge >= 0.3 is 0 Å². The summed E-state index contributed by atoms with van der Waals surface area (Å²) < 4.78 is 0. The zero-order valence-electron chi connectivity index (χ0n) is 10.4. The van der Waals surface area contributed by atoms with Crippen molar-refractivity contribution >= 4 is 23.2 Å². The number of carbonyl (C=O) groups is 1. The normalized spacial score (nSPS) is 26.9. The summed E-state index contributed by atoms with van der Waals surface area (Å²) in [5, 5.41) is 14.3. The molecule has 0 aliphatic heterocycles. The van der Waals surface area contributed by atoms with E-state index in [1.807, 2.05) is 0 Å². The van der Waals surface area contributed by atoms with Gasteiger partial charge < -0.3 is 5.11 Å². The molecule has 2 atom stereocenters. The Bertz CT molecular complexity index is 556. The number of carbonyl (C=O) groups excluding carboxylic acids is 1. The van der Waals surface area contributed by atoms with Gasteiger partial charge in [-0.3, -0.25) is 4.79 Å². The maximum absolute atomic E-state index is 11.9. The molecule has 2 N–H and O–H groups in total. The lowest BCUT2D eigenvalue weighted by molar-refractivity contribution is 0.0952. The number of phenols is 1. The number of hydrogen-bond donors (Lipinski definition) is 2. The summed E-state index contributed by atoms with van der Waals surface area (Å²) in [5.74, 6) is 0.774. The zero-order chi connectivity index (χ0) is 13.4. The van der Waals surface area contributed by atoms with Crippen LogP contribution in [-0.4, -0.2) is 16.7 Å². The minimum absolute atomic E-state index is 0.127. The van der Waals surface area contributed by atoms with Crippen LogP contribution in [-0.2, 0) is 0 Å². The second-order valence-corrected chi connectivity index (χ2v) is 5.72. The van der Waals surface area contributed by atoms with Crippen LogP contribution in [0, 0.1) is 11.8 Å². The Morgan fingerprint density at radius 2 is 2.26 bits per heavy atom. The van der Waals surface area contributed by atoms with Gasteiger partial charge in [0.2, 0.25) is 0 Å². The third-order valence-electron chi connectivity index (χ3n) is 4.02. The molecule has 0 saturated heterocycles. The molecule has 3 rings (SSSR count). The summed E-state index contributed by atoms with van der Waals surface area (Å²) in [6.07, 6.45) is 4.68. The second kappa shape index (κ2) is 4.85. The van der Waals surface area contributed by atoms with Crippen molar-refractivity contribution in [3.05, 3.63) is 28.8 Å². The fourth-order valence-corrected chi connectivity index (χ4v) is 3.21. The standard InChI is InChI=1S/C14H15ClN2O2/c15-10-3-4-11(13(18)7-10)14(19)17-16-12-6-8-1-2-9(12)5-8/h3-4,7-9,18H,1-2,5-6H2,(H,17,19)/b16-12+/t8-,9-/m0/s1. The fraction of sp³-hybridized carbons (Fsp3) is 0.429. The van der Waals surface area contributed by atoms with E-state index >= 15 is 0 Å². The third-order valence-corrected chi connectivity index (χ3v) is 4.25. The van der Waals surface area contributed by atoms with Crippen LogP contribution in [0.25, 0.3) is 0 Å². The molecule has 4 nitrogen and oxygen atoms in total. The molecule has 0 unspecified atom stereocenters. The Morgan fingerprint density at radius 1 is 1.42 bits per heavy atom. The number of nitrogens with zero attached hydrogens (tertiary/aromatic N) is 1. The molecule has 0 spiro atoms. The molecule has 1 amide bonds. The number of rotatable bonds is 2. The van der Waals surface area contributed by atoms with Crippen LogP contribution in [0.4, 0.5) is 0 Å². The first kappa shape index (κ1) is 12.5. The summed E-state index contributed by atoms with van der Waals surface area (Å²) in [7, 11) is 0. The average molecular weight is 279 g/mol. The van der Waals surface area contributed by atoms with E-state index in [4.69, 9.17) is 11.6 Å².